The molecule has 0 aromatic heterocycles. The molecule has 0 aromatic carbocycles. The normalized spacial score (nSPS) is 40.0. The SMILES string of the molecule is C1=CC2NNCC2CO1. The molecule has 0 aliphatic carbocycles. The van der Waals surface area contributed by atoms with Gasteiger partial charge in [-0.1, -0.05) is 0 Å². The first-order chi connectivity index (χ1) is 4.47. The largest absolute Gasteiger partial charge is 0.501 e. The molecule has 2 heterocycles. The fraction of sp³-hybridized carbons (Fsp3) is 0.667. The molecule has 1 fully saturated rings. The van der Waals surface area contributed by atoms with Crippen molar-refractivity contribution in [1.82, 2.24) is 10.9 Å². The summed E-state index contributed by atoms with van der Waals surface area (Å²) in [5.41, 5.74) is 6.22. The molecule has 0 bridgehead atoms. The molecular formula is C6H10N2O. The first-order valence-electron chi connectivity index (χ1n) is 3.23. The van der Waals surface area contributed by atoms with Crippen LogP contribution in [0, 0.1) is 5.92 Å². The Morgan fingerprint density at radius 3 is 3.44 bits per heavy atom. The molecule has 0 spiro atoms. The van der Waals surface area contributed by atoms with E-state index in [1.807, 2.05) is 6.08 Å². The van der Waals surface area contributed by atoms with Crippen molar-refractivity contribution < 1.29 is 4.74 Å². The Morgan fingerprint density at radius 2 is 2.56 bits per heavy atom. The van der Waals surface area contributed by atoms with E-state index in [0.717, 1.165) is 13.2 Å². The molecule has 2 aliphatic rings. The van der Waals surface area contributed by atoms with Gasteiger partial charge < -0.3 is 4.74 Å². The molecule has 2 rings (SSSR count). The van der Waals surface area contributed by atoms with E-state index in [4.69, 9.17) is 4.74 Å². The van der Waals surface area contributed by atoms with Crippen LogP contribution < -0.4 is 10.9 Å². The summed E-state index contributed by atoms with van der Waals surface area (Å²) < 4.78 is 5.12. The molecule has 3 nitrogen and oxygen atoms in total. The van der Waals surface area contributed by atoms with Crippen molar-refractivity contribution in [1.29, 1.82) is 0 Å². The van der Waals surface area contributed by atoms with Crippen LogP contribution in [0.3, 0.4) is 0 Å². The molecule has 50 valence electrons. The third-order valence-electron chi connectivity index (χ3n) is 1.83. The highest BCUT2D eigenvalue weighted by atomic mass is 16.5. The van der Waals surface area contributed by atoms with Crippen LogP contribution in [0.4, 0.5) is 0 Å². The topological polar surface area (TPSA) is 33.3 Å². The summed E-state index contributed by atoms with van der Waals surface area (Å²) in [5.74, 6) is 0.634. The first-order valence-corrected chi connectivity index (χ1v) is 3.23. The van der Waals surface area contributed by atoms with Crippen LogP contribution in [0.15, 0.2) is 12.3 Å². The van der Waals surface area contributed by atoms with Crippen molar-refractivity contribution in [2.45, 2.75) is 6.04 Å². The van der Waals surface area contributed by atoms with Crippen molar-refractivity contribution in [3.63, 3.8) is 0 Å². The molecule has 1 saturated heterocycles. The zero-order valence-corrected chi connectivity index (χ0v) is 5.13. The fourth-order valence-corrected chi connectivity index (χ4v) is 1.24. The Balaban J connectivity index is 2.10. The van der Waals surface area contributed by atoms with E-state index in [1.165, 1.54) is 0 Å². The lowest BCUT2D eigenvalue weighted by molar-refractivity contribution is 0.179. The predicted octanol–water partition coefficient (Wildman–Crippen LogP) is -0.377. The second-order valence-corrected chi connectivity index (χ2v) is 2.47. The predicted molar refractivity (Wildman–Crippen MR) is 33.5 cm³/mol. The standard InChI is InChI=1S/C6H10N2O/c1-2-9-4-5-3-7-8-6(1)5/h1-2,5-8H,3-4H2. The van der Waals surface area contributed by atoms with E-state index in [9.17, 15) is 0 Å². The lowest BCUT2D eigenvalue weighted by Crippen LogP contribution is -2.32. The van der Waals surface area contributed by atoms with Gasteiger partial charge in [0.15, 0.2) is 0 Å². The summed E-state index contributed by atoms with van der Waals surface area (Å²) >= 11 is 0. The minimum absolute atomic E-state index is 0.499. The van der Waals surface area contributed by atoms with Crippen molar-refractivity contribution >= 4 is 0 Å². The number of fused-ring (bicyclic) bond motifs is 1. The summed E-state index contributed by atoms with van der Waals surface area (Å²) in [6, 6.07) is 0.499. The van der Waals surface area contributed by atoms with E-state index < -0.39 is 0 Å². The molecule has 2 atom stereocenters. The van der Waals surface area contributed by atoms with E-state index in [2.05, 4.69) is 10.9 Å². The Kier molecular flexibility index (Phi) is 1.17. The van der Waals surface area contributed by atoms with Crippen molar-refractivity contribution in [2.24, 2.45) is 5.92 Å². The van der Waals surface area contributed by atoms with Gasteiger partial charge in [0, 0.05) is 18.5 Å². The Hall–Kier alpha value is -0.540. The lowest BCUT2D eigenvalue weighted by Gasteiger charge is -2.18. The number of hydrogen-bond donors (Lipinski definition) is 2. The third-order valence-corrected chi connectivity index (χ3v) is 1.83. The van der Waals surface area contributed by atoms with Gasteiger partial charge in [-0.25, -0.2) is 0 Å². The summed E-state index contributed by atoms with van der Waals surface area (Å²) in [6.07, 6.45) is 3.81. The molecule has 2 N–H and O–H groups in total. The maximum absolute atomic E-state index is 5.12. The molecule has 3 heteroatoms. The van der Waals surface area contributed by atoms with Crippen molar-refractivity contribution in [2.75, 3.05) is 13.2 Å². The third kappa shape index (κ3) is 0.821. The summed E-state index contributed by atoms with van der Waals surface area (Å²) in [4.78, 5) is 0. The molecule has 2 aliphatic heterocycles. The van der Waals surface area contributed by atoms with Gasteiger partial charge in [0.05, 0.1) is 12.9 Å². The molecule has 0 aromatic rings. The monoisotopic (exact) mass is 126 g/mol. The maximum Gasteiger partial charge on any atom is 0.0932 e. The van der Waals surface area contributed by atoms with Gasteiger partial charge in [-0.15, -0.1) is 0 Å². The van der Waals surface area contributed by atoms with Gasteiger partial charge in [0.25, 0.3) is 0 Å². The Labute approximate surface area is 54.0 Å². The van der Waals surface area contributed by atoms with E-state index in [0.29, 0.717) is 12.0 Å². The van der Waals surface area contributed by atoms with E-state index in [1.54, 1.807) is 6.26 Å². The van der Waals surface area contributed by atoms with Gasteiger partial charge in [0.2, 0.25) is 0 Å². The average molecular weight is 126 g/mol. The minimum atomic E-state index is 0.499. The number of ether oxygens (including phenoxy) is 1. The number of hydrogen-bond acceptors (Lipinski definition) is 3. The second-order valence-electron chi connectivity index (χ2n) is 2.47. The molecule has 2 unspecified atom stereocenters. The summed E-state index contributed by atoms with van der Waals surface area (Å²) in [7, 11) is 0. The van der Waals surface area contributed by atoms with Crippen LogP contribution in [0.1, 0.15) is 0 Å². The highest BCUT2D eigenvalue weighted by Gasteiger charge is 2.26. The average Bonchev–Trinajstić information content (AvgIpc) is 2.33. The van der Waals surface area contributed by atoms with E-state index in [-0.39, 0.29) is 0 Å². The Morgan fingerprint density at radius 1 is 1.56 bits per heavy atom. The van der Waals surface area contributed by atoms with Gasteiger partial charge >= 0.3 is 0 Å². The second kappa shape index (κ2) is 2.01. The number of rotatable bonds is 0. The first kappa shape index (κ1) is 5.26. The van der Waals surface area contributed by atoms with Crippen LogP contribution in [0.5, 0.6) is 0 Å². The van der Waals surface area contributed by atoms with Crippen LogP contribution in [-0.4, -0.2) is 19.2 Å². The zero-order valence-electron chi connectivity index (χ0n) is 5.13. The van der Waals surface area contributed by atoms with Gasteiger partial charge in [-0.2, -0.15) is 0 Å². The van der Waals surface area contributed by atoms with Crippen LogP contribution in [-0.2, 0) is 4.74 Å². The smallest absolute Gasteiger partial charge is 0.0932 e. The van der Waals surface area contributed by atoms with Crippen molar-refractivity contribution in [3.05, 3.63) is 12.3 Å². The zero-order chi connectivity index (χ0) is 6.10. The molecule has 0 radical (unpaired) electrons. The van der Waals surface area contributed by atoms with Crippen LogP contribution >= 0.6 is 0 Å². The maximum atomic E-state index is 5.12. The lowest BCUT2D eigenvalue weighted by atomic mass is 10.0. The van der Waals surface area contributed by atoms with Gasteiger partial charge in [-0.05, 0) is 6.08 Å². The highest BCUT2D eigenvalue weighted by Crippen LogP contribution is 2.13. The summed E-state index contributed by atoms with van der Waals surface area (Å²) in [5, 5.41) is 0. The minimum Gasteiger partial charge on any atom is -0.501 e. The van der Waals surface area contributed by atoms with Gasteiger partial charge in [-0.3, -0.25) is 10.9 Å². The molecule has 0 amide bonds. The number of hydrazine groups is 1. The molecule has 9 heavy (non-hydrogen) atoms. The Bertz CT molecular complexity index is 135. The fourth-order valence-electron chi connectivity index (χ4n) is 1.24. The number of nitrogens with one attached hydrogen (secondary N) is 2. The highest BCUT2D eigenvalue weighted by molar-refractivity contribution is 4.99. The quantitative estimate of drug-likeness (QED) is 0.464. The van der Waals surface area contributed by atoms with E-state index >= 15 is 0 Å². The van der Waals surface area contributed by atoms with Crippen molar-refractivity contribution in [3.8, 4) is 0 Å². The van der Waals surface area contributed by atoms with Crippen LogP contribution in [0.25, 0.3) is 0 Å². The van der Waals surface area contributed by atoms with Gasteiger partial charge in [0.1, 0.15) is 0 Å². The molecule has 0 saturated carbocycles. The van der Waals surface area contributed by atoms with Crippen LogP contribution in [0.2, 0.25) is 0 Å². The molecular weight excluding hydrogens is 116 g/mol. The summed E-state index contributed by atoms with van der Waals surface area (Å²) in [6.45, 7) is 1.87.